The van der Waals surface area contributed by atoms with Crippen molar-refractivity contribution in [3.63, 3.8) is 0 Å². The first-order valence-corrected chi connectivity index (χ1v) is 7.35. The van der Waals surface area contributed by atoms with Gasteiger partial charge in [-0.3, -0.25) is 9.59 Å². The van der Waals surface area contributed by atoms with Crippen LogP contribution in [-0.4, -0.2) is 30.1 Å². The van der Waals surface area contributed by atoms with Crippen molar-refractivity contribution in [3.05, 3.63) is 0 Å². The fourth-order valence-corrected chi connectivity index (χ4v) is 2.26. The van der Waals surface area contributed by atoms with E-state index in [4.69, 9.17) is 10.8 Å². The average molecular weight is 286 g/mol. The van der Waals surface area contributed by atoms with E-state index in [1.165, 1.54) is 0 Å². The van der Waals surface area contributed by atoms with Crippen LogP contribution in [-0.2, 0) is 9.59 Å². The molecule has 0 aliphatic carbocycles. The molecule has 0 saturated carbocycles. The summed E-state index contributed by atoms with van der Waals surface area (Å²) >= 11 is 0. The first kappa shape index (κ1) is 18.9. The zero-order valence-electron chi connectivity index (χ0n) is 13.2. The lowest BCUT2D eigenvalue weighted by Gasteiger charge is -2.30. The number of aliphatic carboxylic acids is 1. The standard InChI is InChI=1S/C15H30N2O3/c1-11(9-14(19)20)10-17-13(18)6-5-12(7-8-16)15(2,3)4/h11-12H,5-10,16H2,1-4H3,(H,17,18)(H,19,20). The van der Waals surface area contributed by atoms with Crippen LogP contribution in [0, 0.1) is 17.3 Å². The van der Waals surface area contributed by atoms with Gasteiger partial charge in [0.1, 0.15) is 0 Å². The van der Waals surface area contributed by atoms with E-state index in [9.17, 15) is 9.59 Å². The Bertz CT molecular complexity index is 311. The average Bonchev–Trinajstić information content (AvgIpc) is 2.29. The van der Waals surface area contributed by atoms with Crippen LogP contribution in [0.3, 0.4) is 0 Å². The Balaban J connectivity index is 4.05. The summed E-state index contributed by atoms with van der Waals surface area (Å²) in [6.45, 7) is 9.38. The second kappa shape index (κ2) is 8.95. The number of carbonyl (C=O) groups is 2. The van der Waals surface area contributed by atoms with Gasteiger partial charge in [0, 0.05) is 19.4 Å². The molecule has 0 fully saturated rings. The van der Waals surface area contributed by atoms with E-state index in [2.05, 4.69) is 26.1 Å². The summed E-state index contributed by atoms with van der Waals surface area (Å²) in [5.74, 6) is -0.454. The van der Waals surface area contributed by atoms with E-state index in [1.807, 2.05) is 6.92 Å². The molecular formula is C15H30N2O3. The number of rotatable bonds is 9. The zero-order valence-corrected chi connectivity index (χ0v) is 13.2. The van der Waals surface area contributed by atoms with Gasteiger partial charge >= 0.3 is 5.97 Å². The predicted molar refractivity (Wildman–Crippen MR) is 80.3 cm³/mol. The second-order valence-corrected chi connectivity index (χ2v) is 6.69. The van der Waals surface area contributed by atoms with Gasteiger partial charge in [-0.1, -0.05) is 27.7 Å². The SMILES string of the molecule is CC(CNC(=O)CCC(CCN)C(C)(C)C)CC(=O)O. The van der Waals surface area contributed by atoms with Crippen molar-refractivity contribution in [2.24, 2.45) is 23.0 Å². The molecule has 2 atom stereocenters. The molecule has 4 N–H and O–H groups in total. The van der Waals surface area contributed by atoms with Crippen molar-refractivity contribution >= 4 is 11.9 Å². The van der Waals surface area contributed by atoms with E-state index in [-0.39, 0.29) is 23.7 Å². The summed E-state index contributed by atoms with van der Waals surface area (Å²) in [4.78, 5) is 22.3. The Hall–Kier alpha value is -1.10. The Morgan fingerprint density at radius 1 is 1.25 bits per heavy atom. The molecule has 5 nitrogen and oxygen atoms in total. The molecule has 0 aliphatic rings. The molecule has 118 valence electrons. The smallest absolute Gasteiger partial charge is 0.303 e. The van der Waals surface area contributed by atoms with Gasteiger partial charge in [-0.05, 0) is 36.6 Å². The third kappa shape index (κ3) is 8.91. The minimum absolute atomic E-state index is 0.00601. The van der Waals surface area contributed by atoms with Gasteiger partial charge in [-0.15, -0.1) is 0 Å². The highest BCUT2D eigenvalue weighted by molar-refractivity contribution is 5.76. The van der Waals surface area contributed by atoms with E-state index >= 15 is 0 Å². The van der Waals surface area contributed by atoms with Gasteiger partial charge in [0.2, 0.25) is 5.91 Å². The molecule has 5 heteroatoms. The van der Waals surface area contributed by atoms with Crippen LogP contribution >= 0.6 is 0 Å². The van der Waals surface area contributed by atoms with Crippen LogP contribution in [0.2, 0.25) is 0 Å². The molecule has 0 saturated heterocycles. The molecule has 2 unspecified atom stereocenters. The van der Waals surface area contributed by atoms with Crippen molar-refractivity contribution in [1.29, 1.82) is 0 Å². The lowest BCUT2D eigenvalue weighted by atomic mass is 9.76. The summed E-state index contributed by atoms with van der Waals surface area (Å²) in [6, 6.07) is 0. The minimum Gasteiger partial charge on any atom is -0.481 e. The van der Waals surface area contributed by atoms with Crippen LogP contribution in [0.25, 0.3) is 0 Å². The molecule has 20 heavy (non-hydrogen) atoms. The summed E-state index contributed by atoms with van der Waals surface area (Å²) < 4.78 is 0. The van der Waals surface area contributed by atoms with Gasteiger partial charge in [-0.2, -0.15) is 0 Å². The van der Waals surface area contributed by atoms with E-state index in [0.717, 1.165) is 12.8 Å². The van der Waals surface area contributed by atoms with Crippen molar-refractivity contribution in [2.75, 3.05) is 13.1 Å². The lowest BCUT2D eigenvalue weighted by molar-refractivity contribution is -0.138. The van der Waals surface area contributed by atoms with Gasteiger partial charge in [-0.25, -0.2) is 0 Å². The monoisotopic (exact) mass is 286 g/mol. The maximum atomic E-state index is 11.8. The number of carboxylic acid groups (broad SMARTS) is 1. The third-order valence-electron chi connectivity index (χ3n) is 3.63. The van der Waals surface area contributed by atoms with E-state index in [0.29, 0.717) is 25.4 Å². The Kier molecular flexibility index (Phi) is 8.46. The molecule has 0 aromatic carbocycles. The van der Waals surface area contributed by atoms with Crippen molar-refractivity contribution in [1.82, 2.24) is 5.32 Å². The molecule has 0 heterocycles. The largest absolute Gasteiger partial charge is 0.481 e. The van der Waals surface area contributed by atoms with Gasteiger partial charge < -0.3 is 16.2 Å². The number of nitrogens with one attached hydrogen (secondary N) is 1. The maximum Gasteiger partial charge on any atom is 0.303 e. The van der Waals surface area contributed by atoms with E-state index in [1.54, 1.807) is 0 Å². The highest BCUT2D eigenvalue weighted by Gasteiger charge is 2.24. The Morgan fingerprint density at radius 3 is 2.30 bits per heavy atom. The molecule has 0 rings (SSSR count). The molecule has 0 bridgehead atoms. The highest BCUT2D eigenvalue weighted by Crippen LogP contribution is 2.31. The molecule has 0 spiro atoms. The number of carbonyl (C=O) groups excluding carboxylic acids is 1. The fourth-order valence-electron chi connectivity index (χ4n) is 2.26. The van der Waals surface area contributed by atoms with Gasteiger partial charge in [0.05, 0.1) is 0 Å². The summed E-state index contributed by atoms with van der Waals surface area (Å²) in [5.41, 5.74) is 5.77. The molecule has 0 radical (unpaired) electrons. The number of hydrogen-bond acceptors (Lipinski definition) is 3. The first-order chi connectivity index (χ1) is 9.16. The summed E-state index contributed by atoms with van der Waals surface area (Å²) in [7, 11) is 0. The molecule has 0 aromatic heterocycles. The van der Waals surface area contributed by atoms with Crippen LogP contribution in [0.15, 0.2) is 0 Å². The maximum absolute atomic E-state index is 11.8. The van der Waals surface area contributed by atoms with Crippen molar-refractivity contribution < 1.29 is 14.7 Å². The first-order valence-electron chi connectivity index (χ1n) is 7.35. The number of nitrogens with two attached hydrogens (primary N) is 1. The third-order valence-corrected chi connectivity index (χ3v) is 3.63. The van der Waals surface area contributed by atoms with Gasteiger partial charge in [0.15, 0.2) is 0 Å². The second-order valence-electron chi connectivity index (χ2n) is 6.69. The normalized spacial score (nSPS) is 14.7. The van der Waals surface area contributed by atoms with Crippen LogP contribution in [0.4, 0.5) is 0 Å². The molecule has 0 aliphatic heterocycles. The van der Waals surface area contributed by atoms with E-state index < -0.39 is 5.97 Å². The number of carboxylic acids is 1. The predicted octanol–water partition coefficient (Wildman–Crippen LogP) is 2.00. The van der Waals surface area contributed by atoms with Crippen molar-refractivity contribution in [3.8, 4) is 0 Å². The van der Waals surface area contributed by atoms with Crippen LogP contribution in [0.5, 0.6) is 0 Å². The highest BCUT2D eigenvalue weighted by atomic mass is 16.4. The topological polar surface area (TPSA) is 92.4 Å². The zero-order chi connectivity index (χ0) is 15.8. The lowest BCUT2D eigenvalue weighted by Crippen LogP contribution is -2.31. The molecular weight excluding hydrogens is 256 g/mol. The molecule has 0 aromatic rings. The summed E-state index contributed by atoms with van der Waals surface area (Å²) in [6.07, 6.45) is 2.30. The number of hydrogen-bond donors (Lipinski definition) is 3. The van der Waals surface area contributed by atoms with Crippen LogP contribution < -0.4 is 11.1 Å². The quantitative estimate of drug-likeness (QED) is 0.604. The van der Waals surface area contributed by atoms with Crippen LogP contribution in [0.1, 0.15) is 53.4 Å². The summed E-state index contributed by atoms with van der Waals surface area (Å²) in [5, 5.41) is 11.5. The minimum atomic E-state index is -0.831. The van der Waals surface area contributed by atoms with Gasteiger partial charge in [0.25, 0.3) is 0 Å². The fraction of sp³-hybridized carbons (Fsp3) is 0.867. The molecule has 1 amide bonds. The number of amides is 1. The Morgan fingerprint density at radius 2 is 1.85 bits per heavy atom. The Labute approximate surface area is 122 Å². The van der Waals surface area contributed by atoms with Crippen molar-refractivity contribution in [2.45, 2.75) is 53.4 Å².